The quantitative estimate of drug-likeness (QED) is 0.858. The van der Waals surface area contributed by atoms with Gasteiger partial charge in [-0.15, -0.1) is 0 Å². The van der Waals surface area contributed by atoms with Crippen LogP contribution in [0.5, 0.6) is 11.5 Å². The number of carbonyl (C=O) groups excluding carboxylic acids is 1. The lowest BCUT2D eigenvalue weighted by molar-refractivity contribution is -0.116. The van der Waals surface area contributed by atoms with Crippen molar-refractivity contribution in [1.29, 1.82) is 0 Å². The Bertz CT molecular complexity index is 625. The molecule has 21 heavy (non-hydrogen) atoms. The maximum Gasteiger partial charge on any atom is 0.224 e. The van der Waals surface area contributed by atoms with Crippen LogP contribution in [0.25, 0.3) is 0 Å². The molecule has 1 N–H and O–H groups in total. The van der Waals surface area contributed by atoms with Crippen LogP contribution in [0, 0.1) is 0 Å². The lowest BCUT2D eigenvalue weighted by Gasteiger charge is -2.17. The fourth-order valence-corrected chi connectivity index (χ4v) is 2.28. The summed E-state index contributed by atoms with van der Waals surface area (Å²) in [7, 11) is 0. The number of ether oxygens (including phenoxy) is 2. The van der Waals surface area contributed by atoms with Crippen LogP contribution in [0.1, 0.15) is 12.0 Å². The summed E-state index contributed by atoms with van der Waals surface area (Å²) in [5, 5.41) is 2.87. The van der Waals surface area contributed by atoms with E-state index in [1.807, 2.05) is 48.5 Å². The standard InChI is InChI=1S/C17H17NO3/c19-17-9-7-13-6-8-15(12-16(13)18-17)21-11-10-20-14-4-2-1-3-5-14/h1-6,8,12H,7,9-11H2,(H,18,19). The second-order valence-electron chi connectivity index (χ2n) is 4.88. The third kappa shape index (κ3) is 3.54. The van der Waals surface area contributed by atoms with Gasteiger partial charge >= 0.3 is 0 Å². The smallest absolute Gasteiger partial charge is 0.224 e. The first-order chi connectivity index (χ1) is 10.3. The van der Waals surface area contributed by atoms with Crippen LogP contribution in [0.3, 0.4) is 0 Å². The van der Waals surface area contributed by atoms with Crippen LogP contribution >= 0.6 is 0 Å². The van der Waals surface area contributed by atoms with E-state index in [1.54, 1.807) is 0 Å². The number of nitrogens with one attached hydrogen (secondary N) is 1. The zero-order chi connectivity index (χ0) is 14.5. The van der Waals surface area contributed by atoms with Gasteiger partial charge in [-0.3, -0.25) is 4.79 Å². The second kappa shape index (κ2) is 6.31. The molecule has 0 bridgehead atoms. The van der Waals surface area contributed by atoms with E-state index in [4.69, 9.17) is 9.47 Å². The van der Waals surface area contributed by atoms with E-state index in [0.29, 0.717) is 19.6 Å². The Hall–Kier alpha value is -2.49. The Labute approximate surface area is 123 Å². The molecule has 0 radical (unpaired) electrons. The first kappa shape index (κ1) is 13.5. The van der Waals surface area contributed by atoms with Gasteiger partial charge in [0, 0.05) is 18.2 Å². The molecule has 108 valence electrons. The molecule has 0 saturated heterocycles. The van der Waals surface area contributed by atoms with E-state index in [-0.39, 0.29) is 5.91 Å². The van der Waals surface area contributed by atoms with Crippen molar-refractivity contribution < 1.29 is 14.3 Å². The number of anilines is 1. The summed E-state index contributed by atoms with van der Waals surface area (Å²) in [5.74, 6) is 1.64. The number of hydrogen-bond donors (Lipinski definition) is 1. The lowest BCUT2D eigenvalue weighted by Crippen LogP contribution is -2.19. The number of benzene rings is 2. The molecule has 1 amide bonds. The van der Waals surface area contributed by atoms with Crippen molar-refractivity contribution in [2.24, 2.45) is 0 Å². The van der Waals surface area contributed by atoms with Crippen LogP contribution in [0.4, 0.5) is 5.69 Å². The zero-order valence-corrected chi connectivity index (χ0v) is 11.7. The van der Waals surface area contributed by atoms with Gasteiger partial charge in [-0.05, 0) is 30.2 Å². The van der Waals surface area contributed by atoms with Crippen LogP contribution in [-0.4, -0.2) is 19.1 Å². The number of hydrogen-bond acceptors (Lipinski definition) is 3. The monoisotopic (exact) mass is 283 g/mol. The average molecular weight is 283 g/mol. The Balaban J connectivity index is 1.52. The minimum atomic E-state index is 0.0621. The van der Waals surface area contributed by atoms with Crippen molar-refractivity contribution in [3.63, 3.8) is 0 Å². The Morgan fingerprint density at radius 3 is 2.48 bits per heavy atom. The van der Waals surface area contributed by atoms with Gasteiger partial charge in [-0.25, -0.2) is 0 Å². The maximum atomic E-state index is 11.4. The van der Waals surface area contributed by atoms with Crippen molar-refractivity contribution in [3.05, 3.63) is 54.1 Å². The molecule has 0 saturated carbocycles. The van der Waals surface area contributed by atoms with Crippen molar-refractivity contribution in [2.45, 2.75) is 12.8 Å². The summed E-state index contributed by atoms with van der Waals surface area (Å²) < 4.78 is 11.2. The molecule has 2 aromatic carbocycles. The number of fused-ring (bicyclic) bond motifs is 1. The minimum Gasteiger partial charge on any atom is -0.490 e. The summed E-state index contributed by atoms with van der Waals surface area (Å²) in [6, 6.07) is 15.4. The Kier molecular flexibility index (Phi) is 4.05. The molecule has 4 heteroatoms. The van der Waals surface area contributed by atoms with Crippen molar-refractivity contribution in [1.82, 2.24) is 0 Å². The number of rotatable bonds is 5. The molecule has 3 rings (SSSR count). The highest BCUT2D eigenvalue weighted by Gasteiger charge is 2.14. The third-order valence-electron chi connectivity index (χ3n) is 3.34. The van der Waals surface area contributed by atoms with Crippen LogP contribution < -0.4 is 14.8 Å². The number of aryl methyl sites for hydroxylation is 1. The normalized spacial score (nSPS) is 13.2. The van der Waals surface area contributed by atoms with E-state index in [0.717, 1.165) is 29.2 Å². The Morgan fingerprint density at radius 2 is 1.67 bits per heavy atom. The molecular formula is C17H17NO3. The van der Waals surface area contributed by atoms with Gasteiger partial charge in [0.15, 0.2) is 0 Å². The van der Waals surface area contributed by atoms with Gasteiger partial charge in [-0.1, -0.05) is 24.3 Å². The predicted molar refractivity (Wildman–Crippen MR) is 80.8 cm³/mol. The highest BCUT2D eigenvalue weighted by atomic mass is 16.5. The van der Waals surface area contributed by atoms with Crippen LogP contribution in [0.15, 0.2) is 48.5 Å². The highest BCUT2D eigenvalue weighted by Crippen LogP contribution is 2.27. The number of para-hydroxylation sites is 1. The number of amides is 1. The van der Waals surface area contributed by atoms with Crippen molar-refractivity contribution >= 4 is 11.6 Å². The van der Waals surface area contributed by atoms with E-state index in [2.05, 4.69) is 5.32 Å². The fraction of sp³-hybridized carbons (Fsp3) is 0.235. The van der Waals surface area contributed by atoms with Gasteiger partial charge in [-0.2, -0.15) is 0 Å². The summed E-state index contributed by atoms with van der Waals surface area (Å²) in [6.45, 7) is 0.940. The fourth-order valence-electron chi connectivity index (χ4n) is 2.28. The zero-order valence-electron chi connectivity index (χ0n) is 11.7. The van der Waals surface area contributed by atoms with Gasteiger partial charge in [0.1, 0.15) is 24.7 Å². The predicted octanol–water partition coefficient (Wildman–Crippen LogP) is 3.03. The van der Waals surface area contributed by atoms with E-state index >= 15 is 0 Å². The summed E-state index contributed by atoms with van der Waals surface area (Å²) in [4.78, 5) is 11.4. The summed E-state index contributed by atoms with van der Waals surface area (Å²) in [5.41, 5.74) is 2.01. The lowest BCUT2D eigenvalue weighted by atomic mass is 10.0. The molecule has 0 spiro atoms. The molecule has 0 unspecified atom stereocenters. The third-order valence-corrected chi connectivity index (χ3v) is 3.34. The molecule has 1 aliphatic rings. The van der Waals surface area contributed by atoms with Gasteiger partial charge in [0.05, 0.1) is 0 Å². The summed E-state index contributed by atoms with van der Waals surface area (Å²) >= 11 is 0. The molecule has 2 aromatic rings. The van der Waals surface area contributed by atoms with Gasteiger partial charge in [0.25, 0.3) is 0 Å². The van der Waals surface area contributed by atoms with Gasteiger partial charge < -0.3 is 14.8 Å². The molecule has 0 aliphatic carbocycles. The van der Waals surface area contributed by atoms with Crippen LogP contribution in [0.2, 0.25) is 0 Å². The first-order valence-corrected chi connectivity index (χ1v) is 7.05. The van der Waals surface area contributed by atoms with E-state index in [1.165, 1.54) is 0 Å². The average Bonchev–Trinajstić information content (AvgIpc) is 2.52. The molecule has 0 atom stereocenters. The maximum absolute atomic E-state index is 11.4. The molecule has 0 fully saturated rings. The highest BCUT2D eigenvalue weighted by molar-refractivity contribution is 5.94. The molecule has 0 aromatic heterocycles. The topological polar surface area (TPSA) is 47.6 Å². The molecule has 4 nitrogen and oxygen atoms in total. The largest absolute Gasteiger partial charge is 0.490 e. The molecular weight excluding hydrogens is 266 g/mol. The molecule has 1 heterocycles. The SMILES string of the molecule is O=C1CCc2ccc(OCCOc3ccccc3)cc2N1. The van der Waals surface area contributed by atoms with E-state index < -0.39 is 0 Å². The molecule has 1 aliphatic heterocycles. The van der Waals surface area contributed by atoms with E-state index in [9.17, 15) is 4.79 Å². The van der Waals surface area contributed by atoms with Gasteiger partial charge in [0.2, 0.25) is 5.91 Å². The first-order valence-electron chi connectivity index (χ1n) is 7.05. The summed E-state index contributed by atoms with van der Waals surface area (Å²) in [6.07, 6.45) is 1.34. The minimum absolute atomic E-state index is 0.0621. The Morgan fingerprint density at radius 1 is 0.905 bits per heavy atom. The number of carbonyl (C=O) groups is 1. The second-order valence-corrected chi connectivity index (χ2v) is 4.88. The van der Waals surface area contributed by atoms with Crippen LogP contribution in [-0.2, 0) is 11.2 Å². The van der Waals surface area contributed by atoms with Crippen molar-refractivity contribution in [3.8, 4) is 11.5 Å². The van der Waals surface area contributed by atoms with Crippen molar-refractivity contribution in [2.75, 3.05) is 18.5 Å².